The summed E-state index contributed by atoms with van der Waals surface area (Å²) in [6.07, 6.45) is 3.20. The van der Waals surface area contributed by atoms with Crippen molar-refractivity contribution in [2.75, 3.05) is 5.32 Å². The van der Waals surface area contributed by atoms with Crippen LogP contribution in [0, 0.1) is 20.8 Å². The highest BCUT2D eigenvalue weighted by Gasteiger charge is 2.19. The molecule has 8 nitrogen and oxygen atoms in total. The van der Waals surface area contributed by atoms with Gasteiger partial charge in [-0.25, -0.2) is 14.6 Å². The van der Waals surface area contributed by atoms with Crippen LogP contribution in [0.25, 0.3) is 22.5 Å². The summed E-state index contributed by atoms with van der Waals surface area (Å²) in [5.41, 5.74) is 5.14. The van der Waals surface area contributed by atoms with E-state index in [-0.39, 0.29) is 5.91 Å². The van der Waals surface area contributed by atoms with Gasteiger partial charge in [-0.15, -0.1) is 0 Å². The molecule has 3 heterocycles. The van der Waals surface area contributed by atoms with Gasteiger partial charge < -0.3 is 5.32 Å². The van der Waals surface area contributed by atoms with Gasteiger partial charge >= 0.3 is 0 Å². The lowest BCUT2D eigenvalue weighted by Gasteiger charge is -2.10. The van der Waals surface area contributed by atoms with Crippen LogP contribution in [-0.4, -0.2) is 35.4 Å². The molecule has 0 bridgehead atoms. The number of fused-ring (bicyclic) bond motifs is 1. The zero-order valence-electron chi connectivity index (χ0n) is 18.2. The summed E-state index contributed by atoms with van der Waals surface area (Å²) in [6.45, 7) is 5.97. The molecular formula is C24H20BrN7O. The summed E-state index contributed by atoms with van der Waals surface area (Å²) in [5, 5.41) is 12.8. The third kappa shape index (κ3) is 3.80. The van der Waals surface area contributed by atoms with Crippen molar-refractivity contribution in [1.29, 1.82) is 0 Å². The summed E-state index contributed by atoms with van der Waals surface area (Å²) < 4.78 is 4.12. The van der Waals surface area contributed by atoms with Crippen molar-refractivity contribution in [3.63, 3.8) is 0 Å². The minimum absolute atomic E-state index is 0.250. The van der Waals surface area contributed by atoms with Crippen LogP contribution < -0.4 is 5.32 Å². The highest BCUT2D eigenvalue weighted by molar-refractivity contribution is 9.10. The molecule has 0 aliphatic carbocycles. The molecule has 0 spiro atoms. The van der Waals surface area contributed by atoms with Gasteiger partial charge in [-0.3, -0.25) is 4.79 Å². The Morgan fingerprint density at radius 3 is 2.61 bits per heavy atom. The Hall–Kier alpha value is -3.85. The maximum absolute atomic E-state index is 12.9. The van der Waals surface area contributed by atoms with Gasteiger partial charge in [0, 0.05) is 10.5 Å². The van der Waals surface area contributed by atoms with E-state index in [9.17, 15) is 4.79 Å². The van der Waals surface area contributed by atoms with E-state index in [2.05, 4.69) is 54.4 Å². The van der Waals surface area contributed by atoms with Crippen molar-refractivity contribution in [3.8, 4) is 11.5 Å². The smallest absolute Gasteiger partial charge is 0.257 e. The molecule has 0 aliphatic rings. The Labute approximate surface area is 198 Å². The lowest BCUT2D eigenvalue weighted by Crippen LogP contribution is -2.16. The van der Waals surface area contributed by atoms with Crippen LogP contribution >= 0.6 is 15.9 Å². The minimum Gasteiger partial charge on any atom is -0.306 e. The van der Waals surface area contributed by atoms with E-state index in [1.165, 1.54) is 11.9 Å². The molecular weight excluding hydrogens is 482 g/mol. The van der Waals surface area contributed by atoms with E-state index in [0.717, 1.165) is 22.3 Å². The number of aromatic nitrogens is 6. The standard InChI is InChI=1S/C24H20BrN7O/c1-14-8-9-20(15(2)10-14)31-22-18(12-28-31)23(27-13-26-22)32-21(11-16(3)30-32)29-24(33)17-6-4-5-7-19(17)25/h4-13H,1-3H3,(H,29,33). The summed E-state index contributed by atoms with van der Waals surface area (Å²) in [7, 11) is 0. The summed E-state index contributed by atoms with van der Waals surface area (Å²) in [5.74, 6) is 0.791. The molecule has 1 N–H and O–H groups in total. The van der Waals surface area contributed by atoms with Gasteiger partial charge in [-0.2, -0.15) is 14.9 Å². The highest BCUT2D eigenvalue weighted by atomic mass is 79.9. The van der Waals surface area contributed by atoms with E-state index in [0.29, 0.717) is 27.3 Å². The Bertz CT molecular complexity index is 1520. The van der Waals surface area contributed by atoms with Crippen molar-refractivity contribution in [2.24, 2.45) is 0 Å². The first-order chi connectivity index (χ1) is 15.9. The number of nitrogens with one attached hydrogen (secondary N) is 1. The molecule has 0 aliphatic heterocycles. The van der Waals surface area contributed by atoms with Crippen molar-refractivity contribution in [1.82, 2.24) is 29.5 Å². The lowest BCUT2D eigenvalue weighted by atomic mass is 10.1. The Kier molecular flexibility index (Phi) is 5.26. The van der Waals surface area contributed by atoms with E-state index < -0.39 is 0 Å². The van der Waals surface area contributed by atoms with E-state index in [1.807, 2.05) is 44.2 Å². The van der Waals surface area contributed by atoms with Gasteiger partial charge in [0.1, 0.15) is 12.1 Å². The number of hydrogen-bond donors (Lipinski definition) is 1. The molecule has 164 valence electrons. The van der Waals surface area contributed by atoms with E-state index >= 15 is 0 Å². The van der Waals surface area contributed by atoms with Crippen molar-refractivity contribution < 1.29 is 4.79 Å². The van der Waals surface area contributed by atoms with Gasteiger partial charge in [0.25, 0.3) is 5.91 Å². The van der Waals surface area contributed by atoms with Gasteiger partial charge in [0.05, 0.1) is 28.5 Å². The number of halogens is 1. The molecule has 33 heavy (non-hydrogen) atoms. The normalized spacial score (nSPS) is 11.2. The maximum atomic E-state index is 12.9. The molecule has 9 heteroatoms. The van der Waals surface area contributed by atoms with Crippen molar-refractivity contribution >= 4 is 38.7 Å². The van der Waals surface area contributed by atoms with E-state index in [1.54, 1.807) is 27.7 Å². The van der Waals surface area contributed by atoms with Crippen molar-refractivity contribution in [2.45, 2.75) is 20.8 Å². The molecule has 0 saturated carbocycles. The first-order valence-electron chi connectivity index (χ1n) is 10.3. The second-order valence-electron chi connectivity index (χ2n) is 7.80. The summed E-state index contributed by atoms with van der Waals surface area (Å²) in [6, 6.07) is 15.2. The average molecular weight is 502 g/mol. The number of amides is 1. The average Bonchev–Trinajstić information content (AvgIpc) is 3.37. The Morgan fingerprint density at radius 1 is 1.00 bits per heavy atom. The predicted octanol–water partition coefficient (Wildman–Crippen LogP) is 4.94. The van der Waals surface area contributed by atoms with E-state index in [4.69, 9.17) is 0 Å². The SMILES string of the molecule is Cc1ccc(-n2ncc3c(-n4nc(C)cc4NC(=O)c4ccccc4Br)ncnc32)c(C)c1. The van der Waals surface area contributed by atoms with Crippen LogP contribution in [0.1, 0.15) is 27.2 Å². The number of anilines is 1. The molecule has 5 aromatic rings. The molecule has 0 atom stereocenters. The minimum atomic E-state index is -0.250. The second kappa shape index (κ2) is 8.25. The molecule has 0 fully saturated rings. The predicted molar refractivity (Wildman–Crippen MR) is 130 cm³/mol. The molecule has 0 saturated heterocycles. The topological polar surface area (TPSA) is 90.5 Å². The van der Waals surface area contributed by atoms with Crippen LogP contribution in [0.3, 0.4) is 0 Å². The molecule has 0 unspecified atom stereocenters. The highest BCUT2D eigenvalue weighted by Crippen LogP contribution is 2.26. The largest absolute Gasteiger partial charge is 0.306 e. The number of benzene rings is 2. The molecule has 3 aromatic heterocycles. The first kappa shape index (κ1) is 21.0. The third-order valence-electron chi connectivity index (χ3n) is 5.32. The van der Waals surface area contributed by atoms with Gasteiger partial charge in [0.15, 0.2) is 11.5 Å². The third-order valence-corrected chi connectivity index (χ3v) is 6.01. The fourth-order valence-corrected chi connectivity index (χ4v) is 4.26. The van der Waals surface area contributed by atoms with Gasteiger partial charge in [0.2, 0.25) is 0 Å². The first-order valence-corrected chi connectivity index (χ1v) is 11.1. The van der Waals surface area contributed by atoms with Crippen LogP contribution in [0.2, 0.25) is 0 Å². The van der Waals surface area contributed by atoms with Crippen LogP contribution in [-0.2, 0) is 0 Å². The summed E-state index contributed by atoms with van der Waals surface area (Å²) in [4.78, 5) is 21.9. The number of hydrogen-bond acceptors (Lipinski definition) is 5. The maximum Gasteiger partial charge on any atom is 0.257 e. The number of rotatable bonds is 4. The number of carbonyl (C=O) groups excluding carboxylic acids is 1. The molecule has 1 amide bonds. The molecule has 5 rings (SSSR count). The Balaban J connectivity index is 1.59. The zero-order chi connectivity index (χ0) is 23.1. The number of aryl methyl sites for hydroxylation is 3. The fraction of sp³-hybridized carbons (Fsp3) is 0.125. The van der Waals surface area contributed by atoms with Gasteiger partial charge in [-0.05, 0) is 60.5 Å². The molecule has 0 radical (unpaired) electrons. The van der Waals surface area contributed by atoms with Crippen LogP contribution in [0.5, 0.6) is 0 Å². The van der Waals surface area contributed by atoms with Crippen LogP contribution in [0.4, 0.5) is 5.82 Å². The lowest BCUT2D eigenvalue weighted by molar-refractivity contribution is 0.102. The van der Waals surface area contributed by atoms with Gasteiger partial charge in [-0.1, -0.05) is 29.8 Å². The number of carbonyl (C=O) groups is 1. The Morgan fingerprint density at radius 2 is 1.82 bits per heavy atom. The quantitative estimate of drug-likeness (QED) is 0.376. The summed E-state index contributed by atoms with van der Waals surface area (Å²) >= 11 is 3.43. The zero-order valence-corrected chi connectivity index (χ0v) is 19.8. The van der Waals surface area contributed by atoms with Crippen LogP contribution in [0.15, 0.2) is 65.5 Å². The fourth-order valence-electron chi connectivity index (χ4n) is 3.80. The van der Waals surface area contributed by atoms with Crippen molar-refractivity contribution in [3.05, 3.63) is 87.9 Å². The second-order valence-corrected chi connectivity index (χ2v) is 8.65. The molecule has 2 aromatic carbocycles. The monoisotopic (exact) mass is 501 g/mol. The number of nitrogens with zero attached hydrogens (tertiary/aromatic N) is 6.